The summed E-state index contributed by atoms with van der Waals surface area (Å²) in [5.41, 5.74) is 6.98. The van der Waals surface area contributed by atoms with Crippen molar-refractivity contribution in [1.82, 2.24) is 9.88 Å². The molecule has 0 aromatic carbocycles. The predicted octanol–water partition coefficient (Wildman–Crippen LogP) is 1.42. The number of nitrogens with zero attached hydrogens (tertiary/aromatic N) is 2. The third-order valence-corrected chi connectivity index (χ3v) is 2.94. The van der Waals surface area contributed by atoms with Gasteiger partial charge >= 0.3 is 0 Å². The summed E-state index contributed by atoms with van der Waals surface area (Å²) in [7, 11) is 0. The Labute approximate surface area is 120 Å². The minimum Gasteiger partial charge on any atom is -0.341 e. The van der Waals surface area contributed by atoms with Crippen LogP contribution in [0.1, 0.15) is 18.4 Å². The van der Waals surface area contributed by atoms with E-state index in [2.05, 4.69) is 4.98 Å². The molecule has 0 saturated carbocycles. The van der Waals surface area contributed by atoms with E-state index in [1.54, 1.807) is 12.4 Å². The summed E-state index contributed by atoms with van der Waals surface area (Å²) in [5.74, 6) is 0.0781. The molecule has 1 aliphatic rings. The highest BCUT2D eigenvalue weighted by molar-refractivity contribution is 5.85. The first-order chi connectivity index (χ1) is 7.77. The van der Waals surface area contributed by atoms with Crippen molar-refractivity contribution in [3.05, 3.63) is 30.1 Å². The van der Waals surface area contributed by atoms with Gasteiger partial charge in [-0.15, -0.1) is 24.8 Å². The molecule has 1 fully saturated rings. The zero-order valence-corrected chi connectivity index (χ0v) is 11.8. The normalized spacial score (nSPS) is 15.5. The van der Waals surface area contributed by atoms with E-state index in [4.69, 9.17) is 5.73 Å². The summed E-state index contributed by atoms with van der Waals surface area (Å²) < 4.78 is 0. The lowest BCUT2D eigenvalue weighted by molar-refractivity contribution is -0.131. The van der Waals surface area contributed by atoms with E-state index < -0.39 is 6.04 Å². The number of carbonyl (C=O) groups is 1. The van der Waals surface area contributed by atoms with Gasteiger partial charge in [-0.3, -0.25) is 9.78 Å². The van der Waals surface area contributed by atoms with E-state index in [9.17, 15) is 4.79 Å². The summed E-state index contributed by atoms with van der Waals surface area (Å²) in [6.45, 7) is 1.73. The average Bonchev–Trinajstić information content (AvgIpc) is 2.83. The fourth-order valence-corrected chi connectivity index (χ4v) is 2.03. The van der Waals surface area contributed by atoms with Crippen LogP contribution in [-0.4, -0.2) is 34.9 Å². The van der Waals surface area contributed by atoms with Crippen LogP contribution in [0.4, 0.5) is 0 Å². The quantitative estimate of drug-likeness (QED) is 0.916. The standard InChI is InChI=1S/C12H17N3O.2ClH/c13-11(9-10-3-5-14-6-4-10)12(16)15-7-1-2-8-15;;/h3-6,11H,1-2,7-9,13H2;2*1H/t11-;;/m1../s1. The van der Waals surface area contributed by atoms with Crippen molar-refractivity contribution in [2.24, 2.45) is 5.73 Å². The molecule has 2 N–H and O–H groups in total. The van der Waals surface area contributed by atoms with Crippen LogP contribution in [0.3, 0.4) is 0 Å². The van der Waals surface area contributed by atoms with Crippen LogP contribution in [0.5, 0.6) is 0 Å². The Hall–Kier alpha value is -0.840. The molecule has 1 aliphatic heterocycles. The molecule has 2 heterocycles. The van der Waals surface area contributed by atoms with Gasteiger partial charge in [-0.2, -0.15) is 0 Å². The lowest BCUT2D eigenvalue weighted by Gasteiger charge is -2.20. The molecule has 0 bridgehead atoms. The maximum absolute atomic E-state index is 11.9. The largest absolute Gasteiger partial charge is 0.341 e. The van der Waals surface area contributed by atoms with Gasteiger partial charge in [0.1, 0.15) is 0 Å². The van der Waals surface area contributed by atoms with E-state index in [-0.39, 0.29) is 30.7 Å². The van der Waals surface area contributed by atoms with E-state index in [1.165, 1.54) is 0 Å². The number of rotatable bonds is 3. The molecule has 18 heavy (non-hydrogen) atoms. The third-order valence-electron chi connectivity index (χ3n) is 2.94. The minimum atomic E-state index is -0.416. The summed E-state index contributed by atoms with van der Waals surface area (Å²) in [4.78, 5) is 17.7. The number of carbonyl (C=O) groups excluding carboxylic acids is 1. The van der Waals surface area contributed by atoms with Gasteiger partial charge in [0.2, 0.25) is 5.91 Å². The summed E-state index contributed by atoms with van der Waals surface area (Å²) >= 11 is 0. The van der Waals surface area contributed by atoms with Crippen molar-refractivity contribution in [3.63, 3.8) is 0 Å². The van der Waals surface area contributed by atoms with Crippen molar-refractivity contribution in [3.8, 4) is 0 Å². The Morgan fingerprint density at radius 2 is 1.83 bits per heavy atom. The molecule has 1 atom stereocenters. The molecule has 6 heteroatoms. The number of aromatic nitrogens is 1. The molecule has 0 radical (unpaired) electrons. The topological polar surface area (TPSA) is 59.2 Å². The van der Waals surface area contributed by atoms with Gasteiger partial charge in [0.25, 0.3) is 0 Å². The Balaban J connectivity index is 0.00000144. The molecule has 0 aliphatic carbocycles. The first kappa shape index (κ1) is 17.2. The predicted molar refractivity (Wildman–Crippen MR) is 76.2 cm³/mol. The van der Waals surface area contributed by atoms with Crippen LogP contribution in [0.15, 0.2) is 24.5 Å². The molecule has 1 amide bonds. The molecule has 1 aromatic rings. The zero-order valence-electron chi connectivity index (χ0n) is 10.1. The molecule has 0 unspecified atom stereocenters. The van der Waals surface area contributed by atoms with Gasteiger partial charge in [0, 0.05) is 25.5 Å². The number of nitrogens with two attached hydrogens (primary N) is 1. The highest BCUT2D eigenvalue weighted by Gasteiger charge is 2.23. The Kier molecular flexibility index (Phi) is 7.91. The first-order valence-electron chi connectivity index (χ1n) is 5.70. The number of amides is 1. The van der Waals surface area contributed by atoms with E-state index in [1.807, 2.05) is 17.0 Å². The highest BCUT2D eigenvalue weighted by Crippen LogP contribution is 2.10. The lowest BCUT2D eigenvalue weighted by atomic mass is 10.1. The van der Waals surface area contributed by atoms with Crippen molar-refractivity contribution in [1.29, 1.82) is 0 Å². The van der Waals surface area contributed by atoms with Crippen molar-refractivity contribution >= 4 is 30.7 Å². The SMILES string of the molecule is Cl.Cl.N[C@H](Cc1ccncc1)C(=O)N1CCCC1. The molecular formula is C12H19Cl2N3O. The van der Waals surface area contributed by atoms with Gasteiger partial charge in [0.05, 0.1) is 6.04 Å². The van der Waals surface area contributed by atoms with Crippen LogP contribution in [0, 0.1) is 0 Å². The van der Waals surface area contributed by atoms with Crippen LogP contribution in [0.25, 0.3) is 0 Å². The van der Waals surface area contributed by atoms with Crippen molar-refractivity contribution < 1.29 is 4.79 Å². The van der Waals surface area contributed by atoms with Gasteiger partial charge in [-0.1, -0.05) is 0 Å². The van der Waals surface area contributed by atoms with E-state index in [0.717, 1.165) is 31.5 Å². The van der Waals surface area contributed by atoms with E-state index >= 15 is 0 Å². The van der Waals surface area contributed by atoms with Gasteiger partial charge in [0.15, 0.2) is 0 Å². The molecule has 102 valence electrons. The maximum atomic E-state index is 11.9. The summed E-state index contributed by atoms with van der Waals surface area (Å²) in [5, 5.41) is 0. The maximum Gasteiger partial charge on any atom is 0.239 e. The Morgan fingerprint density at radius 1 is 1.28 bits per heavy atom. The second-order valence-electron chi connectivity index (χ2n) is 4.20. The van der Waals surface area contributed by atoms with Gasteiger partial charge < -0.3 is 10.6 Å². The van der Waals surface area contributed by atoms with Gasteiger partial charge in [-0.25, -0.2) is 0 Å². The molecule has 0 spiro atoms. The second-order valence-corrected chi connectivity index (χ2v) is 4.20. The molecule has 1 saturated heterocycles. The smallest absolute Gasteiger partial charge is 0.239 e. The molecule has 4 nitrogen and oxygen atoms in total. The van der Waals surface area contributed by atoms with Crippen LogP contribution >= 0.6 is 24.8 Å². The van der Waals surface area contributed by atoms with Gasteiger partial charge in [-0.05, 0) is 37.0 Å². The summed E-state index contributed by atoms with van der Waals surface area (Å²) in [6, 6.07) is 3.38. The molecular weight excluding hydrogens is 273 g/mol. The first-order valence-corrected chi connectivity index (χ1v) is 5.70. The average molecular weight is 292 g/mol. The zero-order chi connectivity index (χ0) is 11.4. The van der Waals surface area contributed by atoms with Crippen LogP contribution in [-0.2, 0) is 11.2 Å². The molecule has 1 aromatic heterocycles. The Bertz CT molecular complexity index is 356. The fraction of sp³-hybridized carbons (Fsp3) is 0.500. The Morgan fingerprint density at radius 3 is 2.39 bits per heavy atom. The number of hydrogen-bond acceptors (Lipinski definition) is 3. The highest BCUT2D eigenvalue weighted by atomic mass is 35.5. The fourth-order valence-electron chi connectivity index (χ4n) is 2.03. The third kappa shape index (κ3) is 4.44. The molecule has 2 rings (SSSR count). The van der Waals surface area contributed by atoms with Crippen molar-refractivity contribution in [2.75, 3.05) is 13.1 Å². The van der Waals surface area contributed by atoms with Crippen LogP contribution < -0.4 is 5.73 Å². The monoisotopic (exact) mass is 291 g/mol. The summed E-state index contributed by atoms with van der Waals surface area (Å²) in [6.07, 6.45) is 6.25. The van der Waals surface area contributed by atoms with E-state index in [0.29, 0.717) is 6.42 Å². The number of likely N-dealkylation sites (tertiary alicyclic amines) is 1. The lowest BCUT2D eigenvalue weighted by Crippen LogP contribution is -2.43. The number of halogens is 2. The van der Waals surface area contributed by atoms with Crippen molar-refractivity contribution in [2.45, 2.75) is 25.3 Å². The van der Waals surface area contributed by atoms with Crippen LogP contribution in [0.2, 0.25) is 0 Å². The number of hydrogen-bond donors (Lipinski definition) is 1. The number of pyridine rings is 1. The minimum absolute atomic E-state index is 0. The second kappa shape index (κ2) is 8.29.